The Kier molecular flexibility index (Phi) is 4.70. The highest BCUT2D eigenvalue weighted by molar-refractivity contribution is 5.52. The molecular formula is C17H21NO3. The van der Waals surface area contributed by atoms with Gasteiger partial charge in [-0.3, -0.25) is 0 Å². The highest BCUT2D eigenvalue weighted by Crippen LogP contribution is 2.35. The van der Waals surface area contributed by atoms with Gasteiger partial charge >= 0.3 is 0 Å². The molecule has 1 atom stereocenters. The van der Waals surface area contributed by atoms with Gasteiger partial charge in [-0.05, 0) is 31.2 Å². The first-order chi connectivity index (χ1) is 10.1. The normalized spacial score (nSPS) is 13.3. The predicted octanol–water partition coefficient (Wildman–Crippen LogP) is 3.02. The Morgan fingerprint density at radius 1 is 1.05 bits per heavy atom. The van der Waals surface area contributed by atoms with Crippen molar-refractivity contribution in [3.05, 3.63) is 54.1 Å². The fraction of sp³-hybridized carbons (Fsp3) is 0.294. The molecule has 0 spiro atoms. The van der Waals surface area contributed by atoms with Crippen LogP contribution in [0.4, 0.5) is 5.69 Å². The molecule has 0 saturated heterocycles. The highest BCUT2D eigenvalue weighted by Gasteiger charge is 2.29. The molecule has 4 heteroatoms. The van der Waals surface area contributed by atoms with Gasteiger partial charge in [0.15, 0.2) is 0 Å². The summed E-state index contributed by atoms with van der Waals surface area (Å²) in [5, 5.41) is 13.3. The Balaban J connectivity index is 2.40. The summed E-state index contributed by atoms with van der Waals surface area (Å²) in [7, 11) is 3.22. The number of para-hydroxylation sites is 1. The van der Waals surface area contributed by atoms with Crippen molar-refractivity contribution >= 4 is 5.69 Å². The fourth-order valence-corrected chi connectivity index (χ4v) is 2.29. The second-order valence-electron chi connectivity index (χ2n) is 5.05. The van der Waals surface area contributed by atoms with Crippen LogP contribution in [0.3, 0.4) is 0 Å². The van der Waals surface area contributed by atoms with E-state index in [1.807, 2.05) is 55.5 Å². The van der Waals surface area contributed by atoms with Crippen molar-refractivity contribution < 1.29 is 14.6 Å². The molecule has 4 nitrogen and oxygen atoms in total. The predicted molar refractivity (Wildman–Crippen MR) is 84.0 cm³/mol. The lowest BCUT2D eigenvalue weighted by molar-refractivity contribution is 0.220. The molecule has 0 fully saturated rings. The van der Waals surface area contributed by atoms with E-state index in [-0.39, 0.29) is 6.61 Å². The van der Waals surface area contributed by atoms with Gasteiger partial charge in [0.25, 0.3) is 0 Å². The smallest absolute Gasteiger partial charge is 0.128 e. The summed E-state index contributed by atoms with van der Waals surface area (Å²) in [6, 6.07) is 15.4. The van der Waals surface area contributed by atoms with Gasteiger partial charge in [0.2, 0.25) is 0 Å². The number of benzene rings is 2. The molecule has 0 radical (unpaired) electrons. The van der Waals surface area contributed by atoms with E-state index in [4.69, 9.17) is 9.47 Å². The Morgan fingerprint density at radius 2 is 1.76 bits per heavy atom. The third kappa shape index (κ3) is 3.28. The van der Waals surface area contributed by atoms with Crippen LogP contribution >= 0.6 is 0 Å². The van der Waals surface area contributed by atoms with Crippen LogP contribution in [0.2, 0.25) is 0 Å². The average Bonchev–Trinajstić information content (AvgIpc) is 2.55. The maximum Gasteiger partial charge on any atom is 0.128 e. The Hall–Kier alpha value is -2.20. The lowest BCUT2D eigenvalue weighted by atomic mass is 9.91. The van der Waals surface area contributed by atoms with Gasteiger partial charge in [0.1, 0.15) is 11.5 Å². The SMILES string of the molecule is COc1ccc(C(C)(CO)Nc2ccccc2)c(OC)c1. The molecule has 112 valence electrons. The fourth-order valence-electron chi connectivity index (χ4n) is 2.29. The van der Waals surface area contributed by atoms with Crippen LogP contribution < -0.4 is 14.8 Å². The van der Waals surface area contributed by atoms with Crippen molar-refractivity contribution in [2.75, 3.05) is 26.1 Å². The summed E-state index contributed by atoms with van der Waals surface area (Å²) in [6.45, 7) is 1.87. The minimum atomic E-state index is -0.654. The zero-order valence-corrected chi connectivity index (χ0v) is 12.6. The minimum absolute atomic E-state index is 0.0649. The molecule has 0 saturated carbocycles. The van der Waals surface area contributed by atoms with Gasteiger partial charge in [-0.2, -0.15) is 0 Å². The van der Waals surface area contributed by atoms with Crippen LogP contribution in [-0.4, -0.2) is 25.9 Å². The summed E-state index contributed by atoms with van der Waals surface area (Å²) in [5.41, 5.74) is 1.16. The van der Waals surface area contributed by atoms with Gasteiger partial charge in [-0.1, -0.05) is 18.2 Å². The zero-order chi connectivity index (χ0) is 15.3. The van der Waals surface area contributed by atoms with E-state index >= 15 is 0 Å². The van der Waals surface area contributed by atoms with Gasteiger partial charge in [-0.15, -0.1) is 0 Å². The molecule has 0 aliphatic rings. The Labute approximate surface area is 125 Å². The zero-order valence-electron chi connectivity index (χ0n) is 12.6. The monoisotopic (exact) mass is 287 g/mol. The van der Waals surface area contributed by atoms with Crippen LogP contribution in [0.5, 0.6) is 11.5 Å². The van der Waals surface area contributed by atoms with Gasteiger partial charge in [0, 0.05) is 17.3 Å². The summed E-state index contributed by atoms with van der Waals surface area (Å²) in [6.07, 6.45) is 0. The standard InChI is InChI=1S/C17H21NO3/c1-17(12-19,18-13-7-5-4-6-8-13)15-10-9-14(20-2)11-16(15)21-3/h4-11,18-19H,12H2,1-3H3. The number of rotatable bonds is 6. The van der Waals surface area contributed by atoms with Crippen molar-refractivity contribution in [3.63, 3.8) is 0 Å². The van der Waals surface area contributed by atoms with Crippen molar-refractivity contribution in [3.8, 4) is 11.5 Å². The molecule has 0 aliphatic heterocycles. The molecule has 21 heavy (non-hydrogen) atoms. The first-order valence-corrected chi connectivity index (χ1v) is 6.79. The van der Waals surface area contributed by atoms with Crippen LogP contribution in [0.25, 0.3) is 0 Å². The number of ether oxygens (including phenoxy) is 2. The molecule has 0 bridgehead atoms. The van der Waals surface area contributed by atoms with Gasteiger partial charge < -0.3 is 19.9 Å². The molecule has 2 aromatic rings. The number of nitrogens with one attached hydrogen (secondary N) is 1. The third-order valence-electron chi connectivity index (χ3n) is 3.51. The minimum Gasteiger partial charge on any atom is -0.497 e. The number of methoxy groups -OCH3 is 2. The van der Waals surface area contributed by atoms with Crippen molar-refractivity contribution in [2.45, 2.75) is 12.5 Å². The van der Waals surface area contributed by atoms with E-state index < -0.39 is 5.54 Å². The van der Waals surface area contributed by atoms with Crippen LogP contribution in [0, 0.1) is 0 Å². The summed E-state index contributed by atoms with van der Waals surface area (Å²) >= 11 is 0. The lowest BCUT2D eigenvalue weighted by Crippen LogP contribution is -2.36. The molecular weight excluding hydrogens is 266 g/mol. The van der Waals surface area contributed by atoms with E-state index in [2.05, 4.69) is 5.32 Å². The van der Waals surface area contributed by atoms with Crippen LogP contribution in [-0.2, 0) is 5.54 Å². The molecule has 0 heterocycles. The quantitative estimate of drug-likeness (QED) is 0.857. The Bertz CT molecular complexity index is 586. The first-order valence-electron chi connectivity index (χ1n) is 6.79. The molecule has 2 aromatic carbocycles. The van der Waals surface area contributed by atoms with Crippen molar-refractivity contribution in [2.24, 2.45) is 0 Å². The molecule has 1 unspecified atom stereocenters. The van der Waals surface area contributed by atoms with Crippen LogP contribution in [0.15, 0.2) is 48.5 Å². The second-order valence-corrected chi connectivity index (χ2v) is 5.05. The number of aliphatic hydroxyl groups excluding tert-OH is 1. The average molecular weight is 287 g/mol. The van der Waals surface area contributed by atoms with Gasteiger partial charge in [0.05, 0.1) is 26.4 Å². The maximum atomic E-state index is 9.90. The topological polar surface area (TPSA) is 50.7 Å². The van der Waals surface area contributed by atoms with Crippen LogP contribution in [0.1, 0.15) is 12.5 Å². The number of hydrogen-bond donors (Lipinski definition) is 2. The maximum absolute atomic E-state index is 9.90. The molecule has 2 rings (SSSR count). The number of hydrogen-bond acceptors (Lipinski definition) is 4. The van der Waals surface area contributed by atoms with E-state index in [9.17, 15) is 5.11 Å². The molecule has 0 aliphatic carbocycles. The van der Waals surface area contributed by atoms with E-state index in [1.165, 1.54) is 0 Å². The first kappa shape index (κ1) is 15.2. The molecule has 0 aromatic heterocycles. The van der Waals surface area contributed by atoms with Crippen molar-refractivity contribution in [1.29, 1.82) is 0 Å². The lowest BCUT2D eigenvalue weighted by Gasteiger charge is -2.32. The second kappa shape index (κ2) is 6.50. The summed E-state index contributed by atoms with van der Waals surface area (Å²) < 4.78 is 10.7. The summed E-state index contributed by atoms with van der Waals surface area (Å²) in [5.74, 6) is 1.39. The van der Waals surface area contributed by atoms with Crippen molar-refractivity contribution in [1.82, 2.24) is 0 Å². The van der Waals surface area contributed by atoms with E-state index in [0.717, 1.165) is 17.0 Å². The third-order valence-corrected chi connectivity index (χ3v) is 3.51. The highest BCUT2D eigenvalue weighted by atomic mass is 16.5. The van der Waals surface area contributed by atoms with Gasteiger partial charge in [-0.25, -0.2) is 0 Å². The van der Waals surface area contributed by atoms with E-state index in [0.29, 0.717) is 5.75 Å². The summed E-state index contributed by atoms with van der Waals surface area (Å²) in [4.78, 5) is 0. The number of anilines is 1. The Morgan fingerprint density at radius 3 is 2.33 bits per heavy atom. The number of aliphatic hydroxyl groups is 1. The van der Waals surface area contributed by atoms with E-state index in [1.54, 1.807) is 14.2 Å². The molecule has 0 amide bonds. The largest absolute Gasteiger partial charge is 0.497 e. The molecule has 2 N–H and O–H groups in total.